The number of carbonyl (C=O) groups excluding carboxylic acids is 3. The maximum absolute atomic E-state index is 12.5. The minimum atomic E-state index is -4.40. The first-order valence-electron chi connectivity index (χ1n) is 13.7. The molecule has 0 spiro atoms. The molecule has 0 aliphatic carbocycles. The highest BCUT2D eigenvalue weighted by Crippen LogP contribution is 2.30. The van der Waals surface area contributed by atoms with E-state index in [1.165, 1.54) is 31.2 Å². The molecule has 9 nitrogen and oxygen atoms in total. The third kappa shape index (κ3) is 11.3. The summed E-state index contributed by atoms with van der Waals surface area (Å²) in [5.41, 5.74) is -0.872. The number of urea groups is 2. The van der Waals surface area contributed by atoms with E-state index < -0.39 is 35.5 Å². The van der Waals surface area contributed by atoms with E-state index in [2.05, 4.69) is 26.6 Å². The fourth-order valence-corrected chi connectivity index (χ4v) is 4.50. The Morgan fingerprint density at radius 2 is 1.05 bits per heavy atom. The lowest BCUT2D eigenvalue weighted by Crippen LogP contribution is -2.47. The highest BCUT2D eigenvalue weighted by Gasteiger charge is 2.31. The van der Waals surface area contributed by atoms with E-state index in [9.17, 15) is 40.7 Å². The van der Waals surface area contributed by atoms with Gasteiger partial charge in [-0.1, -0.05) is 0 Å². The SMILES string of the molecule is CC(=O)N1CCC(NC(=O)Nc2ccc(C(F)(F)F)cc2)CC1.O=C(Nc1ccc(C(F)(F)F)cc1)NC1CCNCC1. The smallest absolute Gasteiger partial charge is 0.343 e. The van der Waals surface area contributed by atoms with Crippen LogP contribution < -0.4 is 26.6 Å². The summed E-state index contributed by atoms with van der Waals surface area (Å²) in [6.45, 7) is 4.38. The average molecular weight is 617 g/mol. The molecule has 2 heterocycles. The zero-order valence-electron chi connectivity index (χ0n) is 23.4. The number of rotatable bonds is 4. The van der Waals surface area contributed by atoms with Crippen LogP contribution in [0.2, 0.25) is 0 Å². The zero-order chi connectivity index (χ0) is 31.6. The number of alkyl halides is 6. The molecule has 0 saturated carbocycles. The minimum absolute atomic E-state index is 0.0117. The highest BCUT2D eigenvalue weighted by atomic mass is 19.4. The van der Waals surface area contributed by atoms with Crippen LogP contribution in [0.5, 0.6) is 0 Å². The van der Waals surface area contributed by atoms with Crippen LogP contribution in [0.25, 0.3) is 0 Å². The fraction of sp³-hybridized carbons (Fsp3) is 0.464. The highest BCUT2D eigenvalue weighted by molar-refractivity contribution is 5.90. The quantitative estimate of drug-likeness (QED) is 0.296. The van der Waals surface area contributed by atoms with Gasteiger partial charge in [-0.05, 0) is 87.3 Å². The van der Waals surface area contributed by atoms with Crippen molar-refractivity contribution in [3.8, 4) is 0 Å². The Balaban J connectivity index is 0.000000238. The summed E-state index contributed by atoms with van der Waals surface area (Å²) in [6, 6.07) is 7.81. The van der Waals surface area contributed by atoms with E-state index in [4.69, 9.17) is 0 Å². The van der Waals surface area contributed by atoms with Crippen molar-refractivity contribution < 1.29 is 40.7 Å². The molecule has 2 aliphatic heterocycles. The number of benzene rings is 2. The molecule has 43 heavy (non-hydrogen) atoms. The number of likely N-dealkylation sites (tertiary alicyclic amines) is 1. The van der Waals surface area contributed by atoms with Crippen molar-refractivity contribution in [2.45, 2.75) is 57.0 Å². The summed E-state index contributed by atoms with van der Waals surface area (Å²) < 4.78 is 74.5. The molecule has 15 heteroatoms. The van der Waals surface area contributed by atoms with Crippen molar-refractivity contribution in [1.82, 2.24) is 20.9 Å². The fourth-order valence-electron chi connectivity index (χ4n) is 4.50. The van der Waals surface area contributed by atoms with Crippen LogP contribution in [-0.2, 0) is 17.1 Å². The summed E-state index contributed by atoms with van der Waals surface area (Å²) in [6.07, 6.45) is -5.76. The second-order valence-corrected chi connectivity index (χ2v) is 10.2. The average Bonchev–Trinajstić information content (AvgIpc) is 2.94. The van der Waals surface area contributed by atoms with Gasteiger partial charge in [-0.2, -0.15) is 26.3 Å². The second-order valence-electron chi connectivity index (χ2n) is 10.2. The number of hydrogen-bond acceptors (Lipinski definition) is 4. The van der Waals surface area contributed by atoms with Gasteiger partial charge in [0.15, 0.2) is 0 Å². The molecule has 0 radical (unpaired) electrons. The normalized spacial score (nSPS) is 16.4. The van der Waals surface area contributed by atoms with Crippen molar-refractivity contribution in [3.05, 3.63) is 59.7 Å². The molecular weight excluding hydrogens is 582 g/mol. The van der Waals surface area contributed by atoms with Gasteiger partial charge in [-0.3, -0.25) is 4.79 Å². The number of piperidine rings is 2. The largest absolute Gasteiger partial charge is 0.416 e. The summed E-state index contributed by atoms with van der Waals surface area (Å²) >= 11 is 0. The monoisotopic (exact) mass is 616 g/mol. The van der Waals surface area contributed by atoms with Crippen molar-refractivity contribution >= 4 is 29.3 Å². The Morgan fingerprint density at radius 3 is 1.40 bits per heavy atom. The molecule has 0 aromatic heterocycles. The maximum atomic E-state index is 12.5. The van der Waals surface area contributed by atoms with Gasteiger partial charge in [-0.15, -0.1) is 0 Å². The lowest BCUT2D eigenvalue weighted by molar-refractivity contribution is -0.138. The molecule has 236 valence electrons. The molecular formula is C28H34F6N6O3. The number of carbonyl (C=O) groups is 3. The van der Waals surface area contributed by atoms with E-state index in [-0.39, 0.29) is 23.7 Å². The molecule has 5 N–H and O–H groups in total. The first-order valence-corrected chi connectivity index (χ1v) is 13.7. The Kier molecular flexibility index (Phi) is 11.6. The second kappa shape index (κ2) is 14.9. The number of anilines is 2. The number of hydrogen-bond donors (Lipinski definition) is 5. The van der Waals surface area contributed by atoms with E-state index in [1.54, 1.807) is 4.90 Å². The van der Waals surface area contributed by atoms with Crippen LogP contribution in [-0.4, -0.2) is 61.1 Å². The Hall–Kier alpha value is -4.01. The Bertz CT molecular complexity index is 1210. The Morgan fingerprint density at radius 1 is 0.674 bits per heavy atom. The predicted octanol–water partition coefficient (Wildman–Crippen LogP) is 5.42. The number of amides is 5. The molecule has 2 fully saturated rings. The molecule has 2 saturated heterocycles. The van der Waals surface area contributed by atoms with Crippen LogP contribution in [0, 0.1) is 0 Å². The van der Waals surface area contributed by atoms with E-state index >= 15 is 0 Å². The van der Waals surface area contributed by atoms with Gasteiger partial charge >= 0.3 is 24.4 Å². The van der Waals surface area contributed by atoms with Gasteiger partial charge in [0.05, 0.1) is 11.1 Å². The van der Waals surface area contributed by atoms with E-state index in [0.717, 1.165) is 50.2 Å². The van der Waals surface area contributed by atoms with Crippen LogP contribution in [0.3, 0.4) is 0 Å². The van der Waals surface area contributed by atoms with Crippen LogP contribution in [0.1, 0.15) is 43.7 Å². The molecule has 2 aromatic carbocycles. The lowest BCUT2D eigenvalue weighted by atomic mass is 10.1. The summed E-state index contributed by atoms with van der Waals surface area (Å²) in [7, 11) is 0. The number of halogens is 6. The van der Waals surface area contributed by atoms with Gasteiger partial charge in [-0.25, -0.2) is 9.59 Å². The van der Waals surface area contributed by atoms with Crippen LogP contribution in [0.15, 0.2) is 48.5 Å². The minimum Gasteiger partial charge on any atom is -0.343 e. The topological polar surface area (TPSA) is 115 Å². The number of nitrogens with zero attached hydrogens (tertiary/aromatic N) is 1. The third-order valence-corrected chi connectivity index (χ3v) is 6.89. The maximum Gasteiger partial charge on any atom is 0.416 e. The number of nitrogens with one attached hydrogen (secondary N) is 5. The summed E-state index contributed by atoms with van der Waals surface area (Å²) in [4.78, 5) is 36.5. The molecule has 5 amide bonds. The first kappa shape index (κ1) is 33.5. The molecule has 0 atom stereocenters. The lowest BCUT2D eigenvalue weighted by Gasteiger charge is -2.31. The molecule has 0 unspecified atom stereocenters. The van der Waals surface area contributed by atoms with Crippen molar-refractivity contribution in [2.75, 3.05) is 36.8 Å². The van der Waals surface area contributed by atoms with Gasteiger partial charge in [0.2, 0.25) is 5.91 Å². The van der Waals surface area contributed by atoms with E-state index in [1.807, 2.05) is 0 Å². The van der Waals surface area contributed by atoms with Gasteiger partial charge in [0.1, 0.15) is 0 Å². The van der Waals surface area contributed by atoms with Crippen LogP contribution in [0.4, 0.5) is 47.3 Å². The van der Waals surface area contributed by atoms with Crippen molar-refractivity contribution in [3.63, 3.8) is 0 Å². The standard InChI is InChI=1S/C15H18F3N3O2.C13H16F3N3O/c1-10(22)21-8-6-13(7-9-21)20-14(23)19-12-4-2-11(3-5-12)15(16,17)18;14-13(15,16)9-1-3-10(4-2-9)18-12(20)19-11-5-7-17-8-6-11/h2-5,13H,6-9H2,1H3,(H2,19,20,23);1-4,11,17H,5-8H2,(H2,18,19,20). The van der Waals surface area contributed by atoms with Gasteiger partial charge in [0.25, 0.3) is 0 Å². The molecule has 2 aliphatic rings. The van der Waals surface area contributed by atoms with Gasteiger partial charge in [0, 0.05) is 43.5 Å². The molecule has 0 bridgehead atoms. The molecule has 2 aromatic rings. The predicted molar refractivity (Wildman–Crippen MR) is 148 cm³/mol. The van der Waals surface area contributed by atoms with E-state index in [0.29, 0.717) is 31.6 Å². The summed E-state index contributed by atoms with van der Waals surface area (Å²) in [5.74, 6) is 0.0117. The van der Waals surface area contributed by atoms with Gasteiger partial charge < -0.3 is 31.5 Å². The van der Waals surface area contributed by atoms with Crippen molar-refractivity contribution in [1.29, 1.82) is 0 Å². The zero-order valence-corrected chi connectivity index (χ0v) is 23.4. The van der Waals surface area contributed by atoms with Crippen molar-refractivity contribution in [2.24, 2.45) is 0 Å². The third-order valence-electron chi connectivity index (χ3n) is 6.89. The first-order chi connectivity index (χ1) is 20.2. The molecule has 4 rings (SSSR count). The summed E-state index contributed by atoms with van der Waals surface area (Å²) in [5, 5.41) is 13.8. The Labute approximate surface area is 244 Å². The van der Waals surface area contributed by atoms with Crippen LogP contribution >= 0.6 is 0 Å².